The molecular weight excluding hydrogens is 455 g/mol. The van der Waals surface area contributed by atoms with Gasteiger partial charge in [0.25, 0.3) is 0 Å². The summed E-state index contributed by atoms with van der Waals surface area (Å²) in [4.78, 5) is 4.63. The summed E-state index contributed by atoms with van der Waals surface area (Å²) in [5.74, 6) is 1.96. The molecule has 1 aliphatic heterocycles. The first kappa shape index (κ1) is 25.3. The van der Waals surface area contributed by atoms with E-state index < -0.39 is 25.3 Å². The summed E-state index contributed by atoms with van der Waals surface area (Å²) in [6, 6.07) is 6.26. The van der Waals surface area contributed by atoms with Crippen LogP contribution in [0.5, 0.6) is 0 Å². The van der Waals surface area contributed by atoms with Crippen molar-refractivity contribution in [2.75, 3.05) is 20.0 Å². The molecule has 2 fully saturated rings. The predicted molar refractivity (Wildman–Crippen MR) is 125 cm³/mol. The molecule has 1 aromatic rings. The van der Waals surface area contributed by atoms with Crippen molar-refractivity contribution in [2.45, 2.75) is 32.0 Å². The van der Waals surface area contributed by atoms with Crippen LogP contribution in [0.3, 0.4) is 0 Å². The molecule has 4 rings (SSSR count). The van der Waals surface area contributed by atoms with Gasteiger partial charge in [0.2, 0.25) is 0 Å². The van der Waals surface area contributed by atoms with Gasteiger partial charge in [-0.25, -0.2) is 0 Å². The zero-order valence-corrected chi connectivity index (χ0v) is 21.8. The van der Waals surface area contributed by atoms with E-state index in [4.69, 9.17) is 18.6 Å². The van der Waals surface area contributed by atoms with Crippen LogP contribution in [0.2, 0.25) is 18.6 Å². The second kappa shape index (κ2) is 11.6. The third kappa shape index (κ3) is 5.64. The van der Waals surface area contributed by atoms with Crippen molar-refractivity contribution in [2.24, 2.45) is 17.8 Å². The Labute approximate surface area is 194 Å². The van der Waals surface area contributed by atoms with Gasteiger partial charge in [-0.1, -0.05) is 44.3 Å². The molecule has 0 bridgehead atoms. The monoisotopic (exact) mass is 485 g/mol. The number of pyridine rings is 1. The summed E-state index contributed by atoms with van der Waals surface area (Å²) < 4.78 is 2.59. The SMILES string of the molecule is CC1CC2C(c3ccccn3)=CC=CC2C1[Si](C)(C)N1C[N-]C[N-]C1.[CH3-].[Cl][Ti+4][Cl]. The number of fused-ring (bicyclic) bond motifs is 1. The van der Waals surface area contributed by atoms with Gasteiger partial charge in [0.1, 0.15) is 8.24 Å². The van der Waals surface area contributed by atoms with Gasteiger partial charge in [-0.15, -0.1) is 13.3 Å². The molecule has 4 nitrogen and oxygen atoms in total. The summed E-state index contributed by atoms with van der Waals surface area (Å²) >= 11 is -0.556. The van der Waals surface area contributed by atoms with E-state index in [1.54, 1.807) is 0 Å². The average Bonchev–Trinajstić information content (AvgIpc) is 3.06. The molecule has 4 unspecified atom stereocenters. The number of allylic oxidation sites excluding steroid dienone is 4. The maximum atomic E-state index is 4.89. The van der Waals surface area contributed by atoms with Crippen LogP contribution in [0, 0.1) is 25.2 Å². The van der Waals surface area contributed by atoms with E-state index in [2.05, 4.69) is 70.6 Å². The van der Waals surface area contributed by atoms with Gasteiger partial charge in [-0.05, 0) is 47.4 Å². The van der Waals surface area contributed by atoms with Gasteiger partial charge in [0, 0.05) is 6.20 Å². The molecule has 1 aromatic heterocycles. The van der Waals surface area contributed by atoms with Crippen LogP contribution in [-0.2, 0) is 17.0 Å². The van der Waals surface area contributed by atoms with Crippen LogP contribution in [-0.4, -0.2) is 37.8 Å². The van der Waals surface area contributed by atoms with Crippen LogP contribution < -0.4 is 0 Å². The first-order valence-electron chi connectivity index (χ1n) is 9.78. The Morgan fingerprint density at radius 1 is 1.21 bits per heavy atom. The summed E-state index contributed by atoms with van der Waals surface area (Å²) in [6.07, 6.45) is 10.2. The van der Waals surface area contributed by atoms with E-state index >= 15 is 0 Å². The molecule has 0 amide bonds. The Morgan fingerprint density at radius 3 is 2.52 bits per heavy atom. The van der Waals surface area contributed by atoms with Crippen molar-refractivity contribution >= 4 is 32.4 Å². The second-order valence-electron chi connectivity index (χ2n) is 8.28. The predicted octanol–water partition coefficient (Wildman–Crippen LogP) is 6.64. The van der Waals surface area contributed by atoms with Crippen LogP contribution in [0.4, 0.5) is 0 Å². The molecule has 4 atom stereocenters. The van der Waals surface area contributed by atoms with Gasteiger partial charge in [-0.2, -0.15) is 0 Å². The van der Waals surface area contributed by atoms with Crippen molar-refractivity contribution in [3.8, 4) is 0 Å². The van der Waals surface area contributed by atoms with E-state index in [0.717, 1.165) is 30.5 Å². The molecule has 0 spiro atoms. The van der Waals surface area contributed by atoms with Crippen LogP contribution in [0.15, 0.2) is 42.6 Å². The average molecular weight is 486 g/mol. The minimum absolute atomic E-state index is 0. The maximum absolute atomic E-state index is 4.89. The fourth-order valence-electron chi connectivity index (χ4n) is 5.33. The van der Waals surface area contributed by atoms with Crippen molar-refractivity contribution in [1.29, 1.82) is 0 Å². The molecule has 0 N–H and O–H groups in total. The molecule has 2 aliphatic carbocycles. The van der Waals surface area contributed by atoms with E-state index in [9.17, 15) is 0 Å². The third-order valence-corrected chi connectivity index (χ3v) is 11.0. The van der Waals surface area contributed by atoms with Gasteiger partial charge >= 0.3 is 35.6 Å². The first-order chi connectivity index (χ1) is 13.5. The third-order valence-electron chi connectivity index (χ3n) is 6.46. The molecule has 0 aromatic carbocycles. The number of halogens is 2. The second-order valence-corrected chi connectivity index (χ2v) is 15.5. The van der Waals surface area contributed by atoms with Crippen molar-refractivity contribution in [3.63, 3.8) is 0 Å². The summed E-state index contributed by atoms with van der Waals surface area (Å²) in [5.41, 5.74) is 3.32. The molecular formula is C21H31Cl2N4SiTi+. The number of rotatable bonds is 3. The van der Waals surface area contributed by atoms with Gasteiger partial charge in [0.15, 0.2) is 0 Å². The molecule has 29 heavy (non-hydrogen) atoms. The molecule has 0 radical (unpaired) electrons. The normalized spacial score (nSPS) is 29.3. The zero-order valence-electron chi connectivity index (χ0n) is 17.7. The Kier molecular flexibility index (Phi) is 10.1. The van der Waals surface area contributed by atoms with Gasteiger partial charge < -0.3 is 22.6 Å². The summed E-state index contributed by atoms with van der Waals surface area (Å²) in [6.45, 7) is 9.94. The topological polar surface area (TPSA) is 44.3 Å². The Bertz CT molecular complexity index is 695. The Hall–Kier alpha value is 0.0212. The molecule has 1 saturated carbocycles. The van der Waals surface area contributed by atoms with E-state index in [1.165, 1.54) is 12.0 Å². The van der Waals surface area contributed by atoms with Crippen LogP contribution in [0.1, 0.15) is 19.0 Å². The molecule has 1 saturated heterocycles. The van der Waals surface area contributed by atoms with Crippen molar-refractivity contribution < 1.29 is 17.0 Å². The standard InChI is InChI=1S/C20H28N4Si.CH3.2ClH.Ti/c1-15-11-18-16(19-9-4-5-10-23-19)7-6-8-17(18)20(15)25(2,3)24-13-21-12-22-14-24;;;;/h4-10,15,17-18,20H,11-14H2,1-3H3;1H3;2*1H;/q-2;-1;;;+6/p-2. The Balaban J connectivity index is 0.000000708. The van der Waals surface area contributed by atoms with E-state index in [-0.39, 0.29) is 7.43 Å². The fraction of sp³-hybridized carbons (Fsp3) is 0.524. The van der Waals surface area contributed by atoms with Gasteiger partial charge in [-0.3, -0.25) is 11.7 Å². The molecule has 3 aliphatic rings. The van der Waals surface area contributed by atoms with Crippen molar-refractivity contribution in [1.82, 2.24) is 9.55 Å². The molecule has 156 valence electrons. The number of aromatic nitrogens is 1. The van der Waals surface area contributed by atoms with E-state index in [1.807, 2.05) is 12.3 Å². The van der Waals surface area contributed by atoms with Crippen LogP contribution in [0.25, 0.3) is 16.2 Å². The first-order valence-corrected chi connectivity index (χ1v) is 17.1. The number of hydrogen-bond acceptors (Lipinski definition) is 2. The van der Waals surface area contributed by atoms with Gasteiger partial charge in [0.05, 0.1) is 5.69 Å². The van der Waals surface area contributed by atoms with Crippen LogP contribution >= 0.6 is 18.6 Å². The summed E-state index contributed by atoms with van der Waals surface area (Å²) in [7, 11) is 8.15. The summed E-state index contributed by atoms with van der Waals surface area (Å²) in [5, 5.41) is 9.08. The zero-order chi connectivity index (χ0) is 20.1. The number of nitrogens with zero attached hydrogens (tertiary/aromatic N) is 4. The quantitative estimate of drug-likeness (QED) is 0.355. The number of hydrogen-bond donors (Lipinski definition) is 0. The van der Waals surface area contributed by atoms with Crippen molar-refractivity contribution in [3.05, 3.63) is 66.4 Å². The minimum atomic E-state index is -1.62. The Morgan fingerprint density at radius 2 is 1.90 bits per heavy atom. The van der Waals surface area contributed by atoms with E-state index in [0.29, 0.717) is 18.5 Å². The fourth-order valence-corrected chi connectivity index (χ4v) is 9.50. The molecule has 2 heterocycles. The molecule has 8 heteroatoms.